The molecule has 0 saturated carbocycles. The molecule has 0 aliphatic carbocycles. The number of rotatable bonds is 6. The summed E-state index contributed by atoms with van der Waals surface area (Å²) in [5.41, 5.74) is 1.21. The molecule has 0 radical (unpaired) electrons. The Morgan fingerprint density at radius 1 is 1.38 bits per heavy atom. The van der Waals surface area contributed by atoms with E-state index in [0.29, 0.717) is 18.0 Å². The maximum absolute atomic E-state index is 11.2. The van der Waals surface area contributed by atoms with Crippen LogP contribution in [0.15, 0.2) is 24.3 Å². The molecule has 112 valence electrons. The summed E-state index contributed by atoms with van der Waals surface area (Å²) < 4.78 is 7.25. The van der Waals surface area contributed by atoms with Gasteiger partial charge < -0.3 is 10.1 Å². The molecule has 0 aliphatic heterocycles. The summed E-state index contributed by atoms with van der Waals surface area (Å²) in [5.74, 6) is 0.714. The van der Waals surface area contributed by atoms with Gasteiger partial charge in [0, 0.05) is 19.3 Å². The average Bonchev–Trinajstić information content (AvgIpc) is 2.76. The Morgan fingerprint density at radius 3 is 2.57 bits per heavy atom. The van der Waals surface area contributed by atoms with Crippen molar-refractivity contribution in [2.45, 2.75) is 26.8 Å². The third kappa shape index (κ3) is 3.13. The third-order valence-electron chi connectivity index (χ3n) is 3.03. The highest BCUT2D eigenvalue weighted by Gasteiger charge is 2.27. The molecule has 2 rings (SSSR count). The molecule has 1 heterocycles. The van der Waals surface area contributed by atoms with Crippen LogP contribution in [0.25, 0.3) is 0 Å². The van der Waals surface area contributed by atoms with Crippen molar-refractivity contribution >= 4 is 11.4 Å². The Labute approximate surface area is 122 Å². The molecule has 0 amide bonds. The van der Waals surface area contributed by atoms with Crippen LogP contribution in [-0.4, -0.2) is 21.8 Å². The summed E-state index contributed by atoms with van der Waals surface area (Å²) in [7, 11) is 1.82. The van der Waals surface area contributed by atoms with Crippen molar-refractivity contribution in [2.24, 2.45) is 0 Å². The summed E-state index contributed by atoms with van der Waals surface area (Å²) in [5, 5.41) is 18.4. The molecule has 0 bridgehead atoms. The zero-order valence-corrected chi connectivity index (χ0v) is 12.3. The van der Waals surface area contributed by atoms with Crippen molar-refractivity contribution < 1.29 is 9.66 Å². The number of aromatic nitrogens is 2. The normalized spacial score (nSPS) is 10.4. The van der Waals surface area contributed by atoms with E-state index in [4.69, 9.17) is 4.74 Å². The second-order valence-electron chi connectivity index (χ2n) is 4.60. The minimum Gasteiger partial charge on any atom is -0.434 e. The number of nitrogens with one attached hydrogen (secondary N) is 1. The van der Waals surface area contributed by atoms with Crippen LogP contribution in [0, 0.1) is 17.0 Å². The van der Waals surface area contributed by atoms with Gasteiger partial charge in [-0.25, -0.2) is 4.68 Å². The number of ether oxygens (including phenoxy) is 1. The lowest BCUT2D eigenvalue weighted by atomic mass is 10.3. The van der Waals surface area contributed by atoms with Gasteiger partial charge in [0.2, 0.25) is 0 Å². The predicted octanol–water partition coefficient (Wildman–Crippen LogP) is 3.34. The zero-order valence-electron chi connectivity index (χ0n) is 12.3. The van der Waals surface area contributed by atoms with E-state index in [9.17, 15) is 10.1 Å². The highest BCUT2D eigenvalue weighted by molar-refractivity contribution is 5.50. The van der Waals surface area contributed by atoms with Gasteiger partial charge in [-0.15, -0.1) is 0 Å². The van der Waals surface area contributed by atoms with Crippen molar-refractivity contribution in [3.05, 3.63) is 40.1 Å². The van der Waals surface area contributed by atoms with Gasteiger partial charge in [0.25, 0.3) is 5.88 Å². The Morgan fingerprint density at radius 2 is 2.05 bits per heavy atom. The topological polar surface area (TPSA) is 82.2 Å². The fourth-order valence-electron chi connectivity index (χ4n) is 2.03. The number of nitro groups is 1. The van der Waals surface area contributed by atoms with Crippen LogP contribution in [0.3, 0.4) is 0 Å². The molecule has 0 spiro atoms. The quantitative estimate of drug-likeness (QED) is 0.651. The van der Waals surface area contributed by atoms with E-state index in [1.54, 1.807) is 23.7 Å². The van der Waals surface area contributed by atoms with Gasteiger partial charge in [-0.2, -0.15) is 5.10 Å². The van der Waals surface area contributed by atoms with Gasteiger partial charge >= 0.3 is 5.69 Å². The van der Waals surface area contributed by atoms with Gasteiger partial charge in [0.05, 0.1) is 4.92 Å². The molecular formula is C14H18N4O3. The van der Waals surface area contributed by atoms with E-state index in [2.05, 4.69) is 10.4 Å². The molecule has 0 saturated heterocycles. The van der Waals surface area contributed by atoms with Crippen LogP contribution < -0.4 is 10.1 Å². The molecule has 7 heteroatoms. The van der Waals surface area contributed by atoms with Crippen LogP contribution in [0.2, 0.25) is 0 Å². The zero-order chi connectivity index (χ0) is 15.4. The highest BCUT2D eigenvalue weighted by Crippen LogP contribution is 2.34. The molecule has 0 aliphatic rings. The SMILES string of the molecule is CCCn1nc(C)c([N+](=O)[O-])c1Oc1ccc(NC)cc1. The summed E-state index contributed by atoms with van der Waals surface area (Å²) in [6.07, 6.45) is 0.813. The molecule has 2 aromatic rings. The van der Waals surface area contributed by atoms with Crippen LogP contribution in [0.4, 0.5) is 11.4 Å². The van der Waals surface area contributed by atoms with E-state index < -0.39 is 4.92 Å². The largest absolute Gasteiger partial charge is 0.434 e. The van der Waals surface area contributed by atoms with Crippen molar-refractivity contribution in [3.63, 3.8) is 0 Å². The molecule has 1 aromatic heterocycles. The second kappa shape index (κ2) is 6.25. The van der Waals surface area contributed by atoms with E-state index in [-0.39, 0.29) is 11.6 Å². The lowest BCUT2D eigenvalue weighted by Gasteiger charge is -2.08. The van der Waals surface area contributed by atoms with Gasteiger partial charge in [-0.3, -0.25) is 10.1 Å². The maximum Gasteiger partial charge on any atom is 0.353 e. The monoisotopic (exact) mass is 290 g/mol. The highest BCUT2D eigenvalue weighted by atomic mass is 16.6. The van der Waals surface area contributed by atoms with E-state index in [1.165, 1.54) is 0 Å². The molecular weight excluding hydrogens is 272 g/mol. The van der Waals surface area contributed by atoms with Crippen molar-refractivity contribution in [2.75, 3.05) is 12.4 Å². The third-order valence-corrected chi connectivity index (χ3v) is 3.03. The average molecular weight is 290 g/mol. The fraction of sp³-hybridized carbons (Fsp3) is 0.357. The molecule has 0 unspecified atom stereocenters. The van der Waals surface area contributed by atoms with E-state index in [0.717, 1.165) is 12.1 Å². The first kappa shape index (κ1) is 14.8. The van der Waals surface area contributed by atoms with Gasteiger partial charge in [0.15, 0.2) is 0 Å². The molecule has 1 aromatic carbocycles. The minimum absolute atomic E-state index is 0.0823. The van der Waals surface area contributed by atoms with E-state index in [1.807, 2.05) is 26.1 Å². The number of aryl methyl sites for hydroxylation is 2. The van der Waals surface area contributed by atoms with Crippen LogP contribution in [0.5, 0.6) is 11.6 Å². The molecule has 7 nitrogen and oxygen atoms in total. The Balaban J connectivity index is 2.38. The number of benzene rings is 1. The Hall–Kier alpha value is -2.57. The lowest BCUT2D eigenvalue weighted by molar-refractivity contribution is -0.386. The first-order chi connectivity index (χ1) is 10.1. The molecule has 0 fully saturated rings. The maximum atomic E-state index is 11.2. The summed E-state index contributed by atoms with van der Waals surface area (Å²) >= 11 is 0. The summed E-state index contributed by atoms with van der Waals surface area (Å²) in [6, 6.07) is 7.20. The Kier molecular flexibility index (Phi) is 4.42. The van der Waals surface area contributed by atoms with Crippen LogP contribution >= 0.6 is 0 Å². The van der Waals surface area contributed by atoms with Gasteiger partial charge in [0.1, 0.15) is 11.4 Å². The van der Waals surface area contributed by atoms with Gasteiger partial charge in [-0.1, -0.05) is 6.92 Å². The second-order valence-corrected chi connectivity index (χ2v) is 4.60. The van der Waals surface area contributed by atoms with Gasteiger partial charge in [-0.05, 0) is 37.6 Å². The molecule has 21 heavy (non-hydrogen) atoms. The van der Waals surface area contributed by atoms with E-state index >= 15 is 0 Å². The fourth-order valence-corrected chi connectivity index (χ4v) is 2.03. The first-order valence-electron chi connectivity index (χ1n) is 6.74. The lowest BCUT2D eigenvalue weighted by Crippen LogP contribution is -2.02. The predicted molar refractivity (Wildman–Crippen MR) is 80.0 cm³/mol. The first-order valence-corrected chi connectivity index (χ1v) is 6.74. The number of hydrogen-bond donors (Lipinski definition) is 1. The van der Waals surface area contributed by atoms with Crippen LogP contribution in [0.1, 0.15) is 19.0 Å². The van der Waals surface area contributed by atoms with Crippen molar-refractivity contribution in [1.82, 2.24) is 9.78 Å². The van der Waals surface area contributed by atoms with Crippen molar-refractivity contribution in [3.8, 4) is 11.6 Å². The summed E-state index contributed by atoms with van der Waals surface area (Å²) in [6.45, 7) is 4.16. The number of nitrogens with zero attached hydrogens (tertiary/aromatic N) is 3. The Bertz CT molecular complexity index is 634. The van der Waals surface area contributed by atoms with Crippen molar-refractivity contribution in [1.29, 1.82) is 0 Å². The molecule has 0 atom stereocenters. The minimum atomic E-state index is -0.453. The summed E-state index contributed by atoms with van der Waals surface area (Å²) in [4.78, 5) is 10.8. The van der Waals surface area contributed by atoms with Crippen LogP contribution in [-0.2, 0) is 6.54 Å². The number of hydrogen-bond acceptors (Lipinski definition) is 5. The smallest absolute Gasteiger partial charge is 0.353 e. The molecule has 1 N–H and O–H groups in total. The number of anilines is 1. The standard InChI is InChI=1S/C14H18N4O3/c1-4-9-17-14(13(18(19)20)10(2)16-17)21-12-7-5-11(15-3)6-8-12/h5-8,15H,4,9H2,1-3H3.